The molecule has 110 valence electrons. The second-order valence-electron chi connectivity index (χ2n) is 4.05. The Morgan fingerprint density at radius 3 is 2.62 bits per heavy atom. The van der Waals surface area contributed by atoms with E-state index in [1.807, 2.05) is 0 Å². The summed E-state index contributed by atoms with van der Waals surface area (Å²) in [4.78, 5) is 10.4. The van der Waals surface area contributed by atoms with E-state index in [9.17, 15) is 18.0 Å². The zero-order chi connectivity index (χ0) is 15.6. The molecule has 1 aromatic heterocycles. The van der Waals surface area contributed by atoms with E-state index >= 15 is 0 Å². The van der Waals surface area contributed by atoms with Gasteiger partial charge in [0.1, 0.15) is 0 Å². The van der Waals surface area contributed by atoms with Gasteiger partial charge in [0.15, 0.2) is 0 Å². The van der Waals surface area contributed by atoms with Crippen LogP contribution in [0.4, 0.5) is 13.2 Å². The SMILES string of the molecule is O=C(O)/C=C/c1ccc(-n2cc(C(F)(F)F)cn2)c(Br)c1. The average molecular weight is 361 g/mol. The Hall–Kier alpha value is -2.09. The number of aromatic nitrogens is 2. The number of aliphatic carboxylic acids is 1. The number of halogens is 4. The van der Waals surface area contributed by atoms with Crippen molar-refractivity contribution in [3.63, 3.8) is 0 Å². The first kappa shape index (κ1) is 15.3. The van der Waals surface area contributed by atoms with Crippen LogP contribution in [0.5, 0.6) is 0 Å². The van der Waals surface area contributed by atoms with E-state index in [-0.39, 0.29) is 0 Å². The number of hydrogen-bond acceptors (Lipinski definition) is 2. The monoisotopic (exact) mass is 360 g/mol. The average Bonchev–Trinajstić information content (AvgIpc) is 2.85. The third kappa shape index (κ3) is 3.72. The predicted octanol–water partition coefficient (Wildman–Crippen LogP) is 3.75. The first-order chi connectivity index (χ1) is 9.77. The smallest absolute Gasteiger partial charge is 0.419 e. The second kappa shape index (κ2) is 5.72. The van der Waals surface area contributed by atoms with E-state index in [1.54, 1.807) is 18.2 Å². The number of carboxylic acid groups (broad SMARTS) is 1. The summed E-state index contributed by atoms with van der Waals surface area (Å²) < 4.78 is 39.2. The van der Waals surface area contributed by atoms with Crippen LogP contribution < -0.4 is 0 Å². The summed E-state index contributed by atoms with van der Waals surface area (Å²) in [5.41, 5.74) is 0.165. The fraction of sp³-hybridized carbons (Fsp3) is 0.0769. The van der Waals surface area contributed by atoms with Gasteiger partial charge in [-0.2, -0.15) is 18.3 Å². The zero-order valence-corrected chi connectivity index (χ0v) is 11.9. The Labute approximate surface area is 125 Å². The maximum absolute atomic E-state index is 12.5. The molecule has 0 spiro atoms. The Balaban J connectivity index is 2.33. The lowest BCUT2D eigenvalue weighted by atomic mass is 10.2. The normalized spacial score (nSPS) is 12.0. The van der Waals surface area contributed by atoms with Crippen molar-refractivity contribution in [1.82, 2.24) is 9.78 Å². The Kier molecular flexibility index (Phi) is 4.17. The highest BCUT2D eigenvalue weighted by atomic mass is 79.9. The number of alkyl halides is 3. The third-order valence-electron chi connectivity index (χ3n) is 2.55. The Morgan fingerprint density at radius 2 is 2.10 bits per heavy atom. The van der Waals surface area contributed by atoms with E-state index in [4.69, 9.17) is 5.11 Å². The van der Waals surface area contributed by atoms with Crippen molar-refractivity contribution in [2.45, 2.75) is 6.18 Å². The molecule has 1 N–H and O–H groups in total. The lowest BCUT2D eigenvalue weighted by Gasteiger charge is -2.06. The minimum absolute atomic E-state index is 0.415. The summed E-state index contributed by atoms with van der Waals surface area (Å²) in [6.07, 6.45) is -0.481. The molecule has 2 aromatic rings. The molecule has 8 heteroatoms. The van der Waals surface area contributed by atoms with Crippen LogP contribution in [-0.4, -0.2) is 20.9 Å². The molecule has 0 saturated carbocycles. The maximum Gasteiger partial charge on any atom is 0.419 e. The largest absolute Gasteiger partial charge is 0.478 e. The summed E-state index contributed by atoms with van der Waals surface area (Å²) in [6.45, 7) is 0. The van der Waals surface area contributed by atoms with E-state index in [0.717, 1.165) is 23.2 Å². The van der Waals surface area contributed by atoms with Crippen molar-refractivity contribution in [2.24, 2.45) is 0 Å². The highest BCUT2D eigenvalue weighted by Crippen LogP contribution is 2.30. The predicted molar refractivity (Wildman–Crippen MR) is 72.9 cm³/mol. The standard InChI is InChI=1S/C13H8BrF3N2O2/c14-10-5-8(2-4-12(20)21)1-3-11(10)19-7-9(6-18-19)13(15,16)17/h1-7H,(H,20,21)/b4-2+. The van der Waals surface area contributed by atoms with Crippen molar-refractivity contribution in [3.8, 4) is 5.69 Å². The zero-order valence-electron chi connectivity index (χ0n) is 10.3. The number of hydrogen-bond donors (Lipinski definition) is 1. The molecule has 0 atom stereocenters. The molecule has 0 aliphatic heterocycles. The third-order valence-corrected chi connectivity index (χ3v) is 3.18. The van der Waals surface area contributed by atoms with Crippen molar-refractivity contribution in [1.29, 1.82) is 0 Å². The van der Waals surface area contributed by atoms with E-state index < -0.39 is 17.7 Å². The number of nitrogens with zero attached hydrogens (tertiary/aromatic N) is 2. The molecule has 0 saturated heterocycles. The van der Waals surface area contributed by atoms with Crippen LogP contribution in [0.25, 0.3) is 11.8 Å². The lowest BCUT2D eigenvalue weighted by molar-refractivity contribution is -0.137. The van der Waals surface area contributed by atoms with Crippen LogP contribution in [0.2, 0.25) is 0 Å². The fourth-order valence-corrected chi connectivity index (χ4v) is 2.16. The molecule has 0 fully saturated rings. The van der Waals surface area contributed by atoms with Crippen LogP contribution in [0.3, 0.4) is 0 Å². The molecular formula is C13H8BrF3N2O2. The molecule has 0 amide bonds. The quantitative estimate of drug-likeness (QED) is 0.848. The molecule has 0 bridgehead atoms. The number of carbonyl (C=O) groups is 1. The van der Waals surface area contributed by atoms with Crippen molar-refractivity contribution in [3.05, 3.63) is 52.3 Å². The first-order valence-corrected chi connectivity index (χ1v) is 6.39. The molecule has 0 radical (unpaired) electrons. The fourth-order valence-electron chi connectivity index (χ4n) is 1.58. The van der Waals surface area contributed by atoms with Gasteiger partial charge in [-0.1, -0.05) is 6.07 Å². The molecule has 0 aliphatic carbocycles. The summed E-state index contributed by atoms with van der Waals surface area (Å²) in [5.74, 6) is -1.09. The molecule has 21 heavy (non-hydrogen) atoms. The van der Waals surface area contributed by atoms with Gasteiger partial charge in [0.05, 0.1) is 17.4 Å². The van der Waals surface area contributed by atoms with Crippen LogP contribution in [0.15, 0.2) is 41.1 Å². The molecular weight excluding hydrogens is 353 g/mol. The van der Waals surface area contributed by atoms with E-state index in [1.165, 1.54) is 6.08 Å². The minimum Gasteiger partial charge on any atom is -0.478 e. The Morgan fingerprint density at radius 1 is 1.38 bits per heavy atom. The topological polar surface area (TPSA) is 55.1 Å². The van der Waals surface area contributed by atoms with Crippen LogP contribution in [-0.2, 0) is 11.0 Å². The van der Waals surface area contributed by atoms with Crippen molar-refractivity contribution < 1.29 is 23.1 Å². The van der Waals surface area contributed by atoms with Gasteiger partial charge in [-0.25, -0.2) is 9.48 Å². The summed E-state index contributed by atoms with van der Waals surface area (Å²) in [5, 5.41) is 12.2. The van der Waals surface area contributed by atoms with Gasteiger partial charge < -0.3 is 5.11 Å². The maximum atomic E-state index is 12.5. The summed E-state index contributed by atoms with van der Waals surface area (Å²) in [7, 11) is 0. The first-order valence-electron chi connectivity index (χ1n) is 5.60. The van der Waals surface area contributed by atoms with E-state index in [0.29, 0.717) is 15.7 Å². The van der Waals surface area contributed by atoms with Gasteiger partial charge in [-0.3, -0.25) is 0 Å². The summed E-state index contributed by atoms with van der Waals surface area (Å²) in [6, 6.07) is 4.71. The second-order valence-corrected chi connectivity index (χ2v) is 4.91. The van der Waals surface area contributed by atoms with Crippen molar-refractivity contribution in [2.75, 3.05) is 0 Å². The van der Waals surface area contributed by atoms with Gasteiger partial charge in [0.25, 0.3) is 0 Å². The van der Waals surface area contributed by atoms with Gasteiger partial charge >= 0.3 is 12.1 Å². The van der Waals surface area contributed by atoms with E-state index in [2.05, 4.69) is 21.0 Å². The number of carboxylic acids is 1. The number of rotatable bonds is 3. The number of benzene rings is 1. The Bertz CT molecular complexity index is 708. The van der Waals surface area contributed by atoms with Gasteiger partial charge in [0.2, 0.25) is 0 Å². The van der Waals surface area contributed by atoms with Gasteiger partial charge in [0, 0.05) is 16.7 Å². The molecule has 1 heterocycles. The highest BCUT2D eigenvalue weighted by molar-refractivity contribution is 9.10. The van der Waals surface area contributed by atoms with Gasteiger partial charge in [-0.15, -0.1) is 0 Å². The molecule has 4 nitrogen and oxygen atoms in total. The highest BCUT2D eigenvalue weighted by Gasteiger charge is 2.32. The molecule has 1 aromatic carbocycles. The van der Waals surface area contributed by atoms with Crippen LogP contribution in [0, 0.1) is 0 Å². The molecule has 0 unspecified atom stereocenters. The minimum atomic E-state index is -4.45. The summed E-state index contributed by atoms with van der Waals surface area (Å²) >= 11 is 3.23. The molecule has 2 rings (SSSR count). The molecule has 0 aliphatic rings. The van der Waals surface area contributed by atoms with Crippen molar-refractivity contribution >= 4 is 28.0 Å². The van der Waals surface area contributed by atoms with Crippen LogP contribution >= 0.6 is 15.9 Å². The van der Waals surface area contributed by atoms with Gasteiger partial charge in [-0.05, 0) is 39.7 Å². The lowest BCUT2D eigenvalue weighted by Crippen LogP contribution is -2.03. The van der Waals surface area contributed by atoms with Crippen LogP contribution in [0.1, 0.15) is 11.1 Å².